The van der Waals surface area contributed by atoms with Gasteiger partial charge >= 0.3 is 5.97 Å². The zero-order valence-electron chi connectivity index (χ0n) is 5.61. The summed E-state index contributed by atoms with van der Waals surface area (Å²) in [4.78, 5) is 20.3. The van der Waals surface area contributed by atoms with Crippen LogP contribution in [0.4, 0.5) is 0 Å². The normalized spacial score (nSPS) is 9.09. The lowest BCUT2D eigenvalue weighted by atomic mass is 10.1. The molecule has 55 valence electrons. The summed E-state index contributed by atoms with van der Waals surface area (Å²) >= 11 is 0. The van der Waals surface area contributed by atoms with Crippen molar-refractivity contribution in [3.8, 4) is 0 Å². The van der Waals surface area contributed by atoms with Gasteiger partial charge in [-0.05, 0) is 12.1 Å². The van der Waals surface area contributed by atoms with Gasteiger partial charge in [0.05, 0.1) is 5.56 Å². The zero-order valence-corrected chi connectivity index (χ0v) is 5.61. The van der Waals surface area contributed by atoms with E-state index < -0.39 is 5.97 Å². The van der Waals surface area contributed by atoms with Crippen LogP contribution in [-0.4, -0.2) is 12.3 Å². The molecule has 0 bridgehead atoms. The Kier molecular flexibility index (Phi) is 2.01. The lowest BCUT2D eigenvalue weighted by Gasteiger charge is -1.90. The highest BCUT2D eigenvalue weighted by Crippen LogP contribution is 2.01. The maximum Gasteiger partial charge on any atom is 0.386 e. The first kappa shape index (κ1) is 7.47. The first-order chi connectivity index (χ1) is 5.24. The molecule has 0 atom stereocenters. The molecule has 3 nitrogen and oxygen atoms in total. The van der Waals surface area contributed by atoms with Gasteiger partial charge in [0.2, 0.25) is 0 Å². The van der Waals surface area contributed by atoms with Crippen LogP contribution in [0.15, 0.2) is 24.3 Å². The average Bonchev–Trinajstić information content (AvgIpc) is 2.05. The number of rotatable bonds is 2. The SMILES string of the molecule is [O]C(=O)c1ccc(C=O)cc1. The molecule has 3 heteroatoms. The molecule has 11 heavy (non-hydrogen) atoms. The summed E-state index contributed by atoms with van der Waals surface area (Å²) in [7, 11) is 0. The van der Waals surface area contributed by atoms with E-state index in [1.54, 1.807) is 0 Å². The van der Waals surface area contributed by atoms with Crippen molar-refractivity contribution < 1.29 is 14.7 Å². The van der Waals surface area contributed by atoms with Crippen LogP contribution in [-0.2, 0) is 5.11 Å². The molecule has 0 aliphatic carbocycles. The third kappa shape index (κ3) is 1.64. The largest absolute Gasteiger partial charge is 0.386 e. The quantitative estimate of drug-likeness (QED) is 0.590. The van der Waals surface area contributed by atoms with E-state index in [0.717, 1.165) is 0 Å². The number of hydrogen-bond acceptors (Lipinski definition) is 2. The minimum Gasteiger partial charge on any atom is -0.298 e. The van der Waals surface area contributed by atoms with Crippen molar-refractivity contribution >= 4 is 12.3 Å². The van der Waals surface area contributed by atoms with Gasteiger partial charge in [0.1, 0.15) is 6.29 Å². The van der Waals surface area contributed by atoms with Crippen LogP contribution in [0, 0.1) is 0 Å². The van der Waals surface area contributed by atoms with Crippen LogP contribution < -0.4 is 0 Å². The fraction of sp³-hybridized carbons (Fsp3) is 0. The standard InChI is InChI=1S/C8H5O3/c9-5-6-1-3-7(4-2-6)8(10)11/h1-5H. The Morgan fingerprint density at radius 2 is 1.73 bits per heavy atom. The van der Waals surface area contributed by atoms with Crippen molar-refractivity contribution in [2.75, 3.05) is 0 Å². The lowest BCUT2D eigenvalue weighted by molar-refractivity contribution is 0.0573. The Morgan fingerprint density at radius 3 is 2.09 bits per heavy atom. The van der Waals surface area contributed by atoms with E-state index >= 15 is 0 Å². The monoisotopic (exact) mass is 149 g/mol. The molecule has 0 N–H and O–H groups in total. The van der Waals surface area contributed by atoms with Crippen molar-refractivity contribution in [1.82, 2.24) is 0 Å². The minimum atomic E-state index is -1.23. The number of benzene rings is 1. The van der Waals surface area contributed by atoms with Gasteiger partial charge < -0.3 is 0 Å². The Labute approximate surface area is 63.3 Å². The third-order valence-corrected chi connectivity index (χ3v) is 1.28. The number of aldehydes is 1. The highest BCUT2D eigenvalue weighted by molar-refractivity contribution is 5.88. The minimum absolute atomic E-state index is 0.0793. The molecular formula is C8H5O3. The summed E-state index contributed by atoms with van der Waals surface area (Å²) in [6.45, 7) is 0. The molecular weight excluding hydrogens is 144 g/mol. The molecule has 1 aromatic carbocycles. The predicted octanol–water partition coefficient (Wildman–Crippen LogP) is 1.07. The summed E-state index contributed by atoms with van der Waals surface area (Å²) in [6.07, 6.45) is 0.652. The zero-order chi connectivity index (χ0) is 8.27. The fourth-order valence-corrected chi connectivity index (χ4v) is 0.698. The van der Waals surface area contributed by atoms with E-state index in [9.17, 15) is 14.7 Å². The molecule has 1 rings (SSSR count). The molecule has 1 radical (unpaired) electrons. The van der Waals surface area contributed by atoms with E-state index in [4.69, 9.17) is 0 Å². The number of hydrogen-bond donors (Lipinski definition) is 0. The third-order valence-electron chi connectivity index (χ3n) is 1.28. The van der Waals surface area contributed by atoms with Crippen molar-refractivity contribution in [3.63, 3.8) is 0 Å². The summed E-state index contributed by atoms with van der Waals surface area (Å²) in [5.41, 5.74) is 0.533. The van der Waals surface area contributed by atoms with Crippen LogP contribution in [0.3, 0.4) is 0 Å². The molecule has 0 unspecified atom stereocenters. The molecule has 0 fully saturated rings. The van der Waals surface area contributed by atoms with E-state index in [1.807, 2.05) is 0 Å². The maximum atomic E-state index is 10.2. The van der Waals surface area contributed by atoms with Gasteiger partial charge in [0.15, 0.2) is 0 Å². The van der Waals surface area contributed by atoms with Crippen molar-refractivity contribution in [2.45, 2.75) is 0 Å². The second-order valence-corrected chi connectivity index (χ2v) is 2.03. The maximum absolute atomic E-state index is 10.2. The molecule has 0 amide bonds. The van der Waals surface area contributed by atoms with E-state index in [0.29, 0.717) is 11.8 Å². The van der Waals surface area contributed by atoms with Gasteiger partial charge in [-0.1, -0.05) is 12.1 Å². The molecule has 0 saturated carbocycles. The van der Waals surface area contributed by atoms with Crippen LogP contribution in [0.2, 0.25) is 0 Å². The van der Waals surface area contributed by atoms with Gasteiger partial charge in [-0.25, -0.2) is 9.90 Å². The predicted molar refractivity (Wildman–Crippen MR) is 36.8 cm³/mol. The molecule has 1 aromatic rings. The summed E-state index contributed by atoms with van der Waals surface area (Å²) < 4.78 is 0. The van der Waals surface area contributed by atoms with Gasteiger partial charge in [-0.15, -0.1) is 0 Å². The smallest absolute Gasteiger partial charge is 0.298 e. The van der Waals surface area contributed by atoms with Crippen molar-refractivity contribution in [2.24, 2.45) is 0 Å². The lowest BCUT2D eigenvalue weighted by Crippen LogP contribution is -1.93. The van der Waals surface area contributed by atoms with E-state index in [-0.39, 0.29) is 5.56 Å². The molecule has 0 spiro atoms. The van der Waals surface area contributed by atoms with E-state index in [2.05, 4.69) is 0 Å². The summed E-state index contributed by atoms with van der Waals surface area (Å²) in [5, 5.41) is 10.2. The Hall–Kier alpha value is -1.64. The first-order valence-corrected chi connectivity index (χ1v) is 3.00. The molecule has 0 saturated heterocycles. The Balaban J connectivity index is 3.00. The molecule has 0 aliphatic rings. The van der Waals surface area contributed by atoms with Gasteiger partial charge in [0, 0.05) is 5.56 Å². The van der Waals surface area contributed by atoms with E-state index in [1.165, 1.54) is 24.3 Å². The van der Waals surface area contributed by atoms with Crippen LogP contribution in [0.5, 0.6) is 0 Å². The van der Waals surface area contributed by atoms with Crippen LogP contribution in [0.25, 0.3) is 0 Å². The Morgan fingerprint density at radius 1 is 1.18 bits per heavy atom. The second-order valence-electron chi connectivity index (χ2n) is 2.03. The topological polar surface area (TPSA) is 54.0 Å². The fourth-order valence-electron chi connectivity index (χ4n) is 0.698. The first-order valence-electron chi connectivity index (χ1n) is 3.00. The molecule has 0 aromatic heterocycles. The van der Waals surface area contributed by atoms with Crippen molar-refractivity contribution in [1.29, 1.82) is 0 Å². The van der Waals surface area contributed by atoms with Gasteiger partial charge in [0.25, 0.3) is 0 Å². The highest BCUT2D eigenvalue weighted by atomic mass is 16.4. The van der Waals surface area contributed by atoms with Crippen molar-refractivity contribution in [3.05, 3.63) is 35.4 Å². The van der Waals surface area contributed by atoms with Gasteiger partial charge in [-0.2, -0.15) is 0 Å². The number of carbonyl (C=O) groups is 2. The number of carbonyl (C=O) groups excluding carboxylic acids is 2. The molecule has 0 heterocycles. The summed E-state index contributed by atoms with van der Waals surface area (Å²) in [6, 6.07) is 5.52. The van der Waals surface area contributed by atoms with Crippen LogP contribution >= 0.6 is 0 Å². The van der Waals surface area contributed by atoms with Gasteiger partial charge in [-0.3, -0.25) is 4.79 Å². The van der Waals surface area contributed by atoms with Crippen LogP contribution in [0.1, 0.15) is 20.7 Å². The second kappa shape index (κ2) is 2.96. The average molecular weight is 149 g/mol. The molecule has 0 aliphatic heterocycles. The Bertz CT molecular complexity index is 274. The highest BCUT2D eigenvalue weighted by Gasteiger charge is 2.02. The summed E-state index contributed by atoms with van der Waals surface area (Å²) in [5.74, 6) is -1.23.